The van der Waals surface area contributed by atoms with Gasteiger partial charge in [0, 0.05) is 36.7 Å². The highest BCUT2D eigenvalue weighted by Gasteiger charge is 2.50. The average Bonchev–Trinajstić information content (AvgIpc) is 2.99. The first-order valence-electron chi connectivity index (χ1n) is 9.28. The van der Waals surface area contributed by atoms with Crippen molar-refractivity contribution in [1.29, 1.82) is 0 Å². The van der Waals surface area contributed by atoms with E-state index in [1.807, 2.05) is 0 Å². The lowest BCUT2D eigenvalue weighted by molar-refractivity contribution is 0.0929. The van der Waals surface area contributed by atoms with E-state index in [2.05, 4.69) is 10.4 Å². The van der Waals surface area contributed by atoms with Crippen molar-refractivity contribution in [3.8, 4) is 5.69 Å². The van der Waals surface area contributed by atoms with Crippen LogP contribution in [0.5, 0.6) is 0 Å². The van der Waals surface area contributed by atoms with Crippen molar-refractivity contribution in [2.45, 2.75) is 31.2 Å². The molecule has 1 aromatic heterocycles. The fourth-order valence-electron chi connectivity index (χ4n) is 4.44. The first-order chi connectivity index (χ1) is 13.4. The van der Waals surface area contributed by atoms with Gasteiger partial charge in [0.05, 0.1) is 5.69 Å². The van der Waals surface area contributed by atoms with E-state index in [1.54, 1.807) is 0 Å². The van der Waals surface area contributed by atoms with Gasteiger partial charge in [0.15, 0.2) is 11.5 Å². The number of hydrogen-bond acceptors (Lipinski definition) is 3. The quantitative estimate of drug-likeness (QED) is 0.845. The van der Waals surface area contributed by atoms with Gasteiger partial charge in [-0.3, -0.25) is 4.79 Å². The van der Waals surface area contributed by atoms with Crippen molar-refractivity contribution in [3.63, 3.8) is 0 Å². The molecule has 2 N–H and O–H groups in total. The van der Waals surface area contributed by atoms with E-state index in [9.17, 15) is 18.4 Å². The maximum atomic E-state index is 14.3. The van der Waals surface area contributed by atoms with Crippen LogP contribution < -0.4 is 5.32 Å². The summed E-state index contributed by atoms with van der Waals surface area (Å²) in [7, 11) is 0. The van der Waals surface area contributed by atoms with Crippen LogP contribution in [0.1, 0.15) is 40.5 Å². The van der Waals surface area contributed by atoms with Gasteiger partial charge in [-0.15, -0.1) is 0 Å². The molecule has 0 radical (unpaired) electrons. The summed E-state index contributed by atoms with van der Waals surface area (Å²) >= 11 is 0. The van der Waals surface area contributed by atoms with Gasteiger partial charge in [-0.05, 0) is 37.3 Å². The highest BCUT2D eigenvalue weighted by atomic mass is 19.1. The first-order valence-corrected chi connectivity index (χ1v) is 9.28. The Morgan fingerprint density at radius 1 is 1.29 bits per heavy atom. The molecule has 2 aromatic rings. The van der Waals surface area contributed by atoms with E-state index in [-0.39, 0.29) is 35.8 Å². The molecule has 2 amide bonds. The largest absolute Gasteiger partial charge is 0.465 e. The van der Waals surface area contributed by atoms with Crippen LogP contribution in [0.3, 0.4) is 0 Å². The molecule has 3 aliphatic rings. The van der Waals surface area contributed by atoms with Gasteiger partial charge in [-0.2, -0.15) is 5.10 Å². The van der Waals surface area contributed by atoms with Crippen LogP contribution in [0.25, 0.3) is 5.69 Å². The van der Waals surface area contributed by atoms with Crippen LogP contribution >= 0.6 is 0 Å². The minimum absolute atomic E-state index is 0.127. The van der Waals surface area contributed by atoms with Gasteiger partial charge in [-0.1, -0.05) is 0 Å². The molecule has 5 rings (SSSR count). The number of carbonyl (C=O) groups excluding carboxylic acids is 1. The molecule has 0 unspecified atom stereocenters. The molecule has 0 bridgehead atoms. The molecule has 1 saturated carbocycles. The number of benzene rings is 1. The topological polar surface area (TPSA) is 87.5 Å². The second kappa shape index (κ2) is 6.02. The minimum atomic E-state index is -1.01. The summed E-state index contributed by atoms with van der Waals surface area (Å²) in [5.74, 6) is -1.08. The fraction of sp³-hybridized carbons (Fsp3) is 0.421. The van der Waals surface area contributed by atoms with E-state index in [0.717, 1.165) is 30.2 Å². The normalized spacial score (nSPS) is 24.8. The summed E-state index contributed by atoms with van der Waals surface area (Å²) < 4.78 is 29.1. The summed E-state index contributed by atoms with van der Waals surface area (Å²) in [6, 6.07) is 3.03. The molecule has 2 heterocycles. The summed E-state index contributed by atoms with van der Waals surface area (Å²) in [5.41, 5.74) is 2.02. The number of halogens is 2. The number of nitrogens with one attached hydrogen (secondary N) is 1. The van der Waals surface area contributed by atoms with Crippen LogP contribution in [-0.2, 0) is 6.42 Å². The molecule has 28 heavy (non-hydrogen) atoms. The van der Waals surface area contributed by atoms with E-state index in [1.165, 1.54) is 21.7 Å². The molecule has 1 aliphatic heterocycles. The SMILES string of the molecule is O=C(N[C@H]1CCN(C(=O)O)C1)c1nn(-c2ccc(F)cc2F)c2c1C[C@H]1C[C@@H]21. The molecular formula is C19H18F2N4O3. The Kier molecular flexibility index (Phi) is 3.68. The highest BCUT2D eigenvalue weighted by molar-refractivity contribution is 5.94. The van der Waals surface area contributed by atoms with Gasteiger partial charge < -0.3 is 15.3 Å². The van der Waals surface area contributed by atoms with Crippen molar-refractivity contribution >= 4 is 12.0 Å². The molecule has 146 valence electrons. The van der Waals surface area contributed by atoms with Gasteiger partial charge in [0.1, 0.15) is 11.5 Å². The number of nitrogens with zero attached hydrogens (tertiary/aromatic N) is 3. The maximum Gasteiger partial charge on any atom is 0.407 e. The molecular weight excluding hydrogens is 370 g/mol. The smallest absolute Gasteiger partial charge is 0.407 e. The van der Waals surface area contributed by atoms with E-state index in [0.29, 0.717) is 18.9 Å². The molecule has 2 aliphatic carbocycles. The van der Waals surface area contributed by atoms with Crippen molar-refractivity contribution in [3.05, 3.63) is 46.8 Å². The van der Waals surface area contributed by atoms with E-state index >= 15 is 0 Å². The fourth-order valence-corrected chi connectivity index (χ4v) is 4.44. The Bertz CT molecular complexity index is 1010. The summed E-state index contributed by atoms with van der Waals surface area (Å²) in [6.45, 7) is 0.611. The molecule has 9 heteroatoms. The van der Waals surface area contributed by atoms with Gasteiger partial charge >= 0.3 is 6.09 Å². The van der Waals surface area contributed by atoms with Crippen molar-refractivity contribution in [2.75, 3.05) is 13.1 Å². The number of aromatic nitrogens is 2. The Morgan fingerprint density at radius 3 is 2.82 bits per heavy atom. The molecule has 3 atom stereocenters. The second-order valence-corrected chi connectivity index (χ2v) is 7.71. The standard InChI is InChI=1S/C19H18F2N4O3/c20-10-1-2-15(14(21)7-10)25-17-12-5-9(12)6-13(17)16(23-25)18(26)22-11-3-4-24(8-11)19(27)28/h1-2,7,9,11-12H,3-6,8H2,(H,22,26)(H,27,28)/t9-,11+,12-/m1/s1. The van der Waals surface area contributed by atoms with E-state index in [4.69, 9.17) is 5.11 Å². The molecule has 1 aromatic carbocycles. The lowest BCUT2D eigenvalue weighted by Gasteiger charge is -2.13. The van der Waals surface area contributed by atoms with Crippen molar-refractivity contribution < 1.29 is 23.5 Å². The Labute approximate surface area is 158 Å². The number of carboxylic acid groups (broad SMARTS) is 1. The van der Waals surface area contributed by atoms with Gasteiger partial charge in [-0.25, -0.2) is 18.3 Å². The number of hydrogen-bond donors (Lipinski definition) is 2. The van der Waals surface area contributed by atoms with Crippen LogP contribution in [0.4, 0.5) is 13.6 Å². The molecule has 0 spiro atoms. The predicted octanol–water partition coefficient (Wildman–Crippen LogP) is 2.29. The maximum absolute atomic E-state index is 14.3. The van der Waals surface area contributed by atoms with Crippen LogP contribution in [0, 0.1) is 17.6 Å². The zero-order valence-corrected chi connectivity index (χ0v) is 14.9. The molecule has 2 fully saturated rings. The predicted molar refractivity (Wildman–Crippen MR) is 93.5 cm³/mol. The summed E-state index contributed by atoms with van der Waals surface area (Å²) in [5, 5.41) is 16.3. The third-order valence-electron chi connectivity index (χ3n) is 5.91. The third-order valence-corrected chi connectivity index (χ3v) is 5.91. The zero-order valence-electron chi connectivity index (χ0n) is 14.9. The lowest BCUT2D eigenvalue weighted by atomic mass is 10.1. The zero-order chi connectivity index (χ0) is 19.6. The Hall–Kier alpha value is -2.97. The first kappa shape index (κ1) is 17.2. The van der Waals surface area contributed by atoms with Crippen LogP contribution in [-0.4, -0.2) is 50.9 Å². The Balaban J connectivity index is 1.46. The number of rotatable bonds is 3. The number of fused-ring (bicyclic) bond motifs is 3. The highest BCUT2D eigenvalue weighted by Crippen LogP contribution is 2.57. The van der Waals surface area contributed by atoms with Crippen molar-refractivity contribution in [2.24, 2.45) is 5.92 Å². The van der Waals surface area contributed by atoms with E-state index < -0.39 is 17.7 Å². The number of carbonyl (C=O) groups is 2. The van der Waals surface area contributed by atoms with Gasteiger partial charge in [0.25, 0.3) is 5.91 Å². The Morgan fingerprint density at radius 2 is 2.11 bits per heavy atom. The van der Waals surface area contributed by atoms with Crippen molar-refractivity contribution in [1.82, 2.24) is 20.0 Å². The monoisotopic (exact) mass is 388 g/mol. The lowest BCUT2D eigenvalue weighted by Crippen LogP contribution is -2.38. The molecule has 1 saturated heterocycles. The average molecular weight is 388 g/mol. The third kappa shape index (κ3) is 2.64. The summed E-state index contributed by atoms with van der Waals surface area (Å²) in [4.78, 5) is 25.1. The number of amides is 2. The molecule has 7 nitrogen and oxygen atoms in total. The van der Waals surface area contributed by atoms with Gasteiger partial charge in [0.2, 0.25) is 0 Å². The second-order valence-electron chi connectivity index (χ2n) is 7.71. The number of likely N-dealkylation sites (tertiary alicyclic amines) is 1. The van der Waals surface area contributed by atoms with Crippen LogP contribution in [0.2, 0.25) is 0 Å². The van der Waals surface area contributed by atoms with Crippen LogP contribution in [0.15, 0.2) is 18.2 Å². The minimum Gasteiger partial charge on any atom is -0.465 e. The summed E-state index contributed by atoms with van der Waals surface area (Å²) in [6.07, 6.45) is 1.24.